The van der Waals surface area contributed by atoms with Crippen molar-refractivity contribution >= 4 is 17.4 Å². The van der Waals surface area contributed by atoms with Gasteiger partial charge in [-0.25, -0.2) is 4.79 Å². The van der Waals surface area contributed by atoms with Crippen LogP contribution in [0.5, 0.6) is 5.75 Å². The summed E-state index contributed by atoms with van der Waals surface area (Å²) in [7, 11) is 0. The van der Waals surface area contributed by atoms with E-state index in [1.807, 2.05) is 30.3 Å². The van der Waals surface area contributed by atoms with E-state index in [2.05, 4.69) is 10.6 Å². The molecule has 0 unspecified atom stereocenters. The molecule has 0 bridgehead atoms. The molecule has 108 valence electrons. The summed E-state index contributed by atoms with van der Waals surface area (Å²) < 4.78 is 0. The first-order chi connectivity index (χ1) is 10.1. The molecule has 0 fully saturated rings. The minimum Gasteiger partial charge on any atom is -0.506 e. The van der Waals surface area contributed by atoms with E-state index in [0.717, 1.165) is 23.8 Å². The number of benzene rings is 2. The number of phenolic OH excluding ortho intramolecular Hbond substituents is 1. The number of non-ortho nitro benzene ring substituents is 1. The highest BCUT2D eigenvalue weighted by molar-refractivity contribution is 5.91. The van der Waals surface area contributed by atoms with Gasteiger partial charge < -0.3 is 15.7 Å². The number of hydrogen-bond donors (Lipinski definition) is 3. The summed E-state index contributed by atoms with van der Waals surface area (Å²) in [5, 5.41) is 25.2. The lowest BCUT2D eigenvalue weighted by atomic mass is 10.2. The van der Waals surface area contributed by atoms with Crippen LogP contribution in [0.1, 0.15) is 5.56 Å². The van der Waals surface area contributed by atoms with Gasteiger partial charge >= 0.3 is 6.03 Å². The fourth-order valence-corrected chi connectivity index (χ4v) is 1.68. The van der Waals surface area contributed by atoms with Crippen LogP contribution in [-0.2, 0) is 6.54 Å². The van der Waals surface area contributed by atoms with Crippen LogP contribution in [0.4, 0.5) is 16.2 Å². The van der Waals surface area contributed by atoms with Gasteiger partial charge in [0, 0.05) is 18.7 Å². The molecular formula is C14H13N3O4. The number of carbonyl (C=O) groups excluding carboxylic acids is 1. The molecule has 0 aliphatic rings. The Hall–Kier alpha value is -3.09. The fraction of sp³-hybridized carbons (Fsp3) is 0.0714. The van der Waals surface area contributed by atoms with Crippen molar-refractivity contribution in [2.45, 2.75) is 6.54 Å². The topological polar surface area (TPSA) is 104 Å². The number of nitro groups is 1. The number of hydrogen-bond acceptors (Lipinski definition) is 4. The van der Waals surface area contributed by atoms with Crippen molar-refractivity contribution in [3.05, 3.63) is 64.2 Å². The highest BCUT2D eigenvalue weighted by atomic mass is 16.6. The molecule has 0 spiro atoms. The molecule has 0 atom stereocenters. The molecule has 0 aromatic heterocycles. The Kier molecular flexibility index (Phi) is 4.35. The van der Waals surface area contributed by atoms with E-state index in [0.29, 0.717) is 6.54 Å². The van der Waals surface area contributed by atoms with Crippen molar-refractivity contribution < 1.29 is 14.8 Å². The van der Waals surface area contributed by atoms with E-state index in [1.165, 1.54) is 0 Å². The summed E-state index contributed by atoms with van der Waals surface area (Å²) in [6.07, 6.45) is 0. The SMILES string of the molecule is O=C(NCc1ccccc1)Nc1cc([N+](=O)[O-])ccc1O. The van der Waals surface area contributed by atoms with Crippen LogP contribution < -0.4 is 10.6 Å². The van der Waals surface area contributed by atoms with Gasteiger partial charge in [-0.1, -0.05) is 30.3 Å². The van der Waals surface area contributed by atoms with Gasteiger partial charge in [0.05, 0.1) is 10.6 Å². The van der Waals surface area contributed by atoms with E-state index >= 15 is 0 Å². The minimum absolute atomic E-state index is 0.0187. The highest BCUT2D eigenvalue weighted by Crippen LogP contribution is 2.27. The summed E-state index contributed by atoms with van der Waals surface area (Å²) in [6, 6.07) is 12.1. The number of rotatable bonds is 4. The van der Waals surface area contributed by atoms with Crippen molar-refractivity contribution in [1.82, 2.24) is 5.32 Å². The van der Waals surface area contributed by atoms with Crippen LogP contribution in [0.15, 0.2) is 48.5 Å². The van der Waals surface area contributed by atoms with E-state index < -0.39 is 11.0 Å². The number of urea groups is 1. The molecule has 2 rings (SSSR count). The molecule has 3 N–H and O–H groups in total. The van der Waals surface area contributed by atoms with Crippen LogP contribution >= 0.6 is 0 Å². The van der Waals surface area contributed by atoms with E-state index in [1.54, 1.807) is 0 Å². The summed E-state index contributed by atoms with van der Waals surface area (Å²) in [5.74, 6) is -0.240. The molecule has 0 saturated carbocycles. The van der Waals surface area contributed by atoms with Gasteiger partial charge in [-0.15, -0.1) is 0 Å². The Morgan fingerprint density at radius 1 is 1.19 bits per heavy atom. The zero-order valence-electron chi connectivity index (χ0n) is 10.9. The monoisotopic (exact) mass is 287 g/mol. The number of carbonyl (C=O) groups is 1. The predicted molar refractivity (Wildman–Crippen MR) is 77.1 cm³/mol. The molecule has 7 heteroatoms. The number of nitrogens with zero attached hydrogens (tertiary/aromatic N) is 1. The van der Waals surface area contributed by atoms with Gasteiger partial charge in [0.2, 0.25) is 0 Å². The molecule has 21 heavy (non-hydrogen) atoms. The van der Waals surface area contributed by atoms with Crippen molar-refractivity contribution in [3.8, 4) is 5.75 Å². The molecule has 2 amide bonds. The number of amides is 2. The summed E-state index contributed by atoms with van der Waals surface area (Å²) in [6.45, 7) is 0.308. The Bertz CT molecular complexity index is 659. The molecule has 2 aromatic carbocycles. The smallest absolute Gasteiger partial charge is 0.319 e. The Balaban J connectivity index is 1.99. The Morgan fingerprint density at radius 3 is 2.57 bits per heavy atom. The average Bonchev–Trinajstić information content (AvgIpc) is 2.48. The van der Waals surface area contributed by atoms with Gasteiger partial charge in [-0.2, -0.15) is 0 Å². The van der Waals surface area contributed by atoms with E-state index in [9.17, 15) is 20.0 Å². The van der Waals surface area contributed by atoms with Crippen LogP contribution in [0.25, 0.3) is 0 Å². The number of phenols is 1. The number of nitrogens with one attached hydrogen (secondary N) is 2. The first-order valence-electron chi connectivity index (χ1n) is 6.12. The third-order valence-corrected chi connectivity index (χ3v) is 2.74. The molecule has 0 heterocycles. The summed E-state index contributed by atoms with van der Waals surface area (Å²) >= 11 is 0. The maximum absolute atomic E-state index is 11.7. The lowest BCUT2D eigenvalue weighted by Gasteiger charge is -2.09. The predicted octanol–water partition coefficient (Wildman–Crippen LogP) is 2.62. The Morgan fingerprint density at radius 2 is 1.90 bits per heavy atom. The highest BCUT2D eigenvalue weighted by Gasteiger charge is 2.12. The van der Waals surface area contributed by atoms with Crippen LogP contribution in [-0.4, -0.2) is 16.1 Å². The quantitative estimate of drug-likeness (QED) is 0.456. The maximum Gasteiger partial charge on any atom is 0.319 e. The molecule has 0 saturated heterocycles. The van der Waals surface area contributed by atoms with Crippen LogP contribution in [0.2, 0.25) is 0 Å². The molecule has 0 aliphatic carbocycles. The van der Waals surface area contributed by atoms with E-state index in [4.69, 9.17) is 0 Å². The molecule has 7 nitrogen and oxygen atoms in total. The van der Waals surface area contributed by atoms with Crippen molar-refractivity contribution in [2.24, 2.45) is 0 Å². The summed E-state index contributed by atoms with van der Waals surface area (Å²) in [4.78, 5) is 21.8. The molecule has 0 radical (unpaired) electrons. The van der Waals surface area contributed by atoms with Crippen molar-refractivity contribution in [1.29, 1.82) is 0 Å². The standard InChI is InChI=1S/C14H13N3O4/c18-13-7-6-11(17(20)21)8-12(13)16-14(19)15-9-10-4-2-1-3-5-10/h1-8,18H,9H2,(H2,15,16,19). The van der Waals surface area contributed by atoms with Gasteiger partial charge in [0.25, 0.3) is 5.69 Å². The first kappa shape index (κ1) is 14.3. The zero-order chi connectivity index (χ0) is 15.2. The lowest BCUT2D eigenvalue weighted by molar-refractivity contribution is -0.384. The average molecular weight is 287 g/mol. The van der Waals surface area contributed by atoms with Crippen LogP contribution in [0, 0.1) is 10.1 Å². The second kappa shape index (κ2) is 6.38. The Labute approximate surface area is 120 Å². The van der Waals surface area contributed by atoms with E-state index in [-0.39, 0.29) is 17.1 Å². The van der Waals surface area contributed by atoms with Crippen molar-refractivity contribution in [2.75, 3.05) is 5.32 Å². The normalized spacial score (nSPS) is 9.90. The number of aromatic hydroxyl groups is 1. The van der Waals surface area contributed by atoms with Gasteiger partial charge in [0.15, 0.2) is 0 Å². The minimum atomic E-state index is -0.605. The second-order valence-electron chi connectivity index (χ2n) is 4.25. The maximum atomic E-state index is 11.7. The zero-order valence-corrected chi connectivity index (χ0v) is 10.9. The van der Waals surface area contributed by atoms with Crippen LogP contribution in [0.3, 0.4) is 0 Å². The molecular weight excluding hydrogens is 274 g/mol. The third kappa shape index (κ3) is 3.93. The number of nitro benzene ring substituents is 1. The largest absolute Gasteiger partial charge is 0.506 e. The lowest BCUT2D eigenvalue weighted by Crippen LogP contribution is -2.28. The second-order valence-corrected chi connectivity index (χ2v) is 4.25. The van der Waals surface area contributed by atoms with Gasteiger partial charge in [-0.3, -0.25) is 10.1 Å². The number of anilines is 1. The first-order valence-corrected chi connectivity index (χ1v) is 6.12. The van der Waals surface area contributed by atoms with Gasteiger partial charge in [0.1, 0.15) is 5.75 Å². The summed E-state index contributed by atoms with van der Waals surface area (Å²) in [5.41, 5.74) is 0.678. The fourth-order valence-electron chi connectivity index (χ4n) is 1.68. The van der Waals surface area contributed by atoms with Gasteiger partial charge in [-0.05, 0) is 11.6 Å². The molecule has 0 aliphatic heterocycles. The third-order valence-electron chi connectivity index (χ3n) is 2.74. The van der Waals surface area contributed by atoms with Crippen molar-refractivity contribution in [3.63, 3.8) is 0 Å². The molecule has 2 aromatic rings.